The van der Waals surface area contributed by atoms with Gasteiger partial charge in [0.2, 0.25) is 0 Å². The summed E-state index contributed by atoms with van der Waals surface area (Å²) in [4.78, 5) is 0. The van der Waals surface area contributed by atoms with Crippen LogP contribution in [0.3, 0.4) is 0 Å². The second kappa shape index (κ2) is 3.25. The van der Waals surface area contributed by atoms with Crippen molar-refractivity contribution in [2.45, 2.75) is 52.4 Å². The maximum absolute atomic E-state index is 2.52. The van der Waals surface area contributed by atoms with Gasteiger partial charge in [-0.2, -0.15) is 0 Å². The summed E-state index contributed by atoms with van der Waals surface area (Å²) in [6, 6.07) is 0. The first-order valence-corrected chi connectivity index (χ1v) is 6.79. The van der Waals surface area contributed by atoms with Crippen LogP contribution in [-0.2, 0) is 0 Å². The highest BCUT2D eigenvalue weighted by Gasteiger charge is 2.50. The Balaban J connectivity index is 1.67. The van der Waals surface area contributed by atoms with Crippen molar-refractivity contribution in [1.82, 2.24) is 0 Å². The average Bonchev–Trinajstić information content (AvgIpc) is 2.72. The van der Waals surface area contributed by atoms with Gasteiger partial charge in [0.1, 0.15) is 0 Å². The quantitative estimate of drug-likeness (QED) is 0.586. The van der Waals surface area contributed by atoms with Gasteiger partial charge in [0, 0.05) is 0 Å². The Labute approximate surface area is 88.5 Å². The summed E-state index contributed by atoms with van der Waals surface area (Å²) >= 11 is 0. The summed E-state index contributed by atoms with van der Waals surface area (Å²) in [6.07, 6.45) is 9.33. The smallest absolute Gasteiger partial charge is 0.0349 e. The molecule has 0 nitrogen and oxygen atoms in total. The minimum absolute atomic E-state index is 1.05. The van der Waals surface area contributed by atoms with Gasteiger partial charge in [0.05, 0.1) is 0 Å². The summed E-state index contributed by atoms with van der Waals surface area (Å²) in [7, 11) is 0. The van der Waals surface area contributed by atoms with E-state index in [2.05, 4.69) is 13.8 Å². The third kappa shape index (κ3) is 1.33. The molecular weight excluding hydrogens is 168 g/mol. The number of rotatable bonds is 1. The summed E-state index contributed by atoms with van der Waals surface area (Å²) in [5.41, 5.74) is 0. The van der Waals surface area contributed by atoms with Crippen molar-refractivity contribution in [1.29, 1.82) is 0 Å². The first-order valence-electron chi connectivity index (χ1n) is 6.79. The van der Waals surface area contributed by atoms with Crippen LogP contribution in [0.2, 0.25) is 0 Å². The van der Waals surface area contributed by atoms with E-state index in [0.717, 1.165) is 35.5 Å². The van der Waals surface area contributed by atoms with Gasteiger partial charge in [-0.3, -0.25) is 0 Å². The zero-order valence-electron chi connectivity index (χ0n) is 9.71. The van der Waals surface area contributed by atoms with Gasteiger partial charge in [-0.05, 0) is 61.2 Å². The monoisotopic (exact) mass is 192 g/mol. The molecule has 4 saturated carbocycles. The maximum Gasteiger partial charge on any atom is -0.0349 e. The number of fused-ring (bicyclic) bond motifs is 2. The lowest BCUT2D eigenvalue weighted by Crippen LogP contribution is -2.28. The Kier molecular flexibility index (Phi) is 2.15. The van der Waals surface area contributed by atoms with Gasteiger partial charge in [0.25, 0.3) is 0 Å². The van der Waals surface area contributed by atoms with Crippen LogP contribution < -0.4 is 0 Å². The van der Waals surface area contributed by atoms with Gasteiger partial charge in [-0.25, -0.2) is 0 Å². The zero-order valence-corrected chi connectivity index (χ0v) is 9.71. The molecule has 4 aliphatic carbocycles. The molecule has 80 valence electrons. The van der Waals surface area contributed by atoms with Crippen molar-refractivity contribution in [2.24, 2.45) is 35.5 Å². The topological polar surface area (TPSA) is 0 Å². The fraction of sp³-hybridized carbons (Fsp3) is 1.00. The van der Waals surface area contributed by atoms with Crippen LogP contribution in [0.15, 0.2) is 0 Å². The molecule has 0 radical (unpaired) electrons. The van der Waals surface area contributed by atoms with E-state index in [0.29, 0.717) is 0 Å². The van der Waals surface area contributed by atoms with E-state index in [1.54, 1.807) is 32.1 Å². The fourth-order valence-electron chi connectivity index (χ4n) is 4.45. The normalized spacial score (nSPS) is 56.1. The van der Waals surface area contributed by atoms with Gasteiger partial charge in [-0.15, -0.1) is 0 Å². The lowest BCUT2D eigenvalue weighted by atomic mass is 9.67. The van der Waals surface area contributed by atoms with Crippen LogP contribution in [0.4, 0.5) is 0 Å². The van der Waals surface area contributed by atoms with Crippen LogP contribution in [-0.4, -0.2) is 0 Å². The SMILES string of the molecule is CCC1C2CCC3CC(C3)C(C)CC12. The molecule has 0 heterocycles. The van der Waals surface area contributed by atoms with Crippen LogP contribution in [0.5, 0.6) is 0 Å². The molecule has 2 bridgehead atoms. The predicted octanol–water partition coefficient (Wildman–Crippen LogP) is 4.10. The van der Waals surface area contributed by atoms with E-state index in [1.807, 2.05) is 0 Å². The molecule has 0 aromatic rings. The Morgan fingerprint density at radius 3 is 2.50 bits per heavy atom. The van der Waals surface area contributed by atoms with Crippen LogP contribution >= 0.6 is 0 Å². The molecular formula is C14H24. The third-order valence-electron chi connectivity index (χ3n) is 5.61. The molecule has 14 heavy (non-hydrogen) atoms. The summed E-state index contributed by atoms with van der Waals surface area (Å²) in [6.45, 7) is 4.92. The van der Waals surface area contributed by atoms with E-state index >= 15 is 0 Å². The second-order valence-electron chi connectivity index (χ2n) is 6.29. The Morgan fingerprint density at radius 2 is 1.79 bits per heavy atom. The Morgan fingerprint density at radius 1 is 1.00 bits per heavy atom. The van der Waals surface area contributed by atoms with Crippen molar-refractivity contribution < 1.29 is 0 Å². The largest absolute Gasteiger partial charge is 0.0651 e. The maximum atomic E-state index is 2.52. The van der Waals surface area contributed by atoms with Crippen LogP contribution in [0, 0.1) is 35.5 Å². The first-order chi connectivity index (χ1) is 6.79. The van der Waals surface area contributed by atoms with Crippen molar-refractivity contribution in [2.75, 3.05) is 0 Å². The van der Waals surface area contributed by atoms with Crippen molar-refractivity contribution in [3.8, 4) is 0 Å². The molecule has 0 amide bonds. The molecule has 4 unspecified atom stereocenters. The second-order valence-corrected chi connectivity index (χ2v) is 6.29. The van der Waals surface area contributed by atoms with Gasteiger partial charge in [-0.1, -0.05) is 26.7 Å². The summed E-state index contributed by atoms with van der Waals surface area (Å²) in [5.74, 6) is 6.75. The minimum Gasteiger partial charge on any atom is -0.0651 e. The molecule has 0 N–H and O–H groups in total. The van der Waals surface area contributed by atoms with Gasteiger partial charge >= 0.3 is 0 Å². The van der Waals surface area contributed by atoms with Gasteiger partial charge in [0.15, 0.2) is 0 Å². The van der Waals surface area contributed by atoms with E-state index in [-0.39, 0.29) is 0 Å². The van der Waals surface area contributed by atoms with Crippen LogP contribution in [0.25, 0.3) is 0 Å². The van der Waals surface area contributed by atoms with Crippen molar-refractivity contribution in [3.05, 3.63) is 0 Å². The van der Waals surface area contributed by atoms with E-state index in [9.17, 15) is 0 Å². The average molecular weight is 192 g/mol. The van der Waals surface area contributed by atoms with E-state index < -0.39 is 0 Å². The molecule has 0 aliphatic heterocycles. The molecule has 4 atom stereocenters. The highest BCUT2D eigenvalue weighted by molar-refractivity contribution is 5.00. The van der Waals surface area contributed by atoms with E-state index in [1.165, 1.54) is 6.42 Å². The third-order valence-corrected chi connectivity index (χ3v) is 5.61. The summed E-state index contributed by atoms with van der Waals surface area (Å²) < 4.78 is 0. The molecule has 0 heteroatoms. The Bertz CT molecular complexity index is 214. The zero-order chi connectivity index (χ0) is 9.71. The molecule has 4 fully saturated rings. The standard InChI is InChI=1S/C14H24/c1-3-12-13-5-4-10-7-11(8-10)9(2)6-14(12)13/h9-14H,3-8H2,1-2H3. The highest BCUT2D eigenvalue weighted by Crippen LogP contribution is 2.59. The molecule has 4 aliphatic rings. The first kappa shape index (κ1) is 9.24. The molecule has 0 aromatic heterocycles. The van der Waals surface area contributed by atoms with Crippen molar-refractivity contribution >= 4 is 0 Å². The molecule has 0 saturated heterocycles. The van der Waals surface area contributed by atoms with Crippen LogP contribution in [0.1, 0.15) is 52.4 Å². The molecule has 4 rings (SSSR count). The van der Waals surface area contributed by atoms with E-state index in [4.69, 9.17) is 0 Å². The van der Waals surface area contributed by atoms with Gasteiger partial charge < -0.3 is 0 Å². The lowest BCUT2D eigenvalue weighted by molar-refractivity contribution is 0.119. The Hall–Kier alpha value is 0. The highest BCUT2D eigenvalue weighted by atomic mass is 14.6. The van der Waals surface area contributed by atoms with Crippen molar-refractivity contribution in [3.63, 3.8) is 0 Å². The molecule has 0 aromatic carbocycles. The lowest BCUT2D eigenvalue weighted by Gasteiger charge is -2.39. The molecule has 0 spiro atoms. The number of hydrogen-bond donors (Lipinski definition) is 0. The fourth-order valence-corrected chi connectivity index (χ4v) is 4.45. The number of hydrogen-bond acceptors (Lipinski definition) is 0. The minimum atomic E-state index is 1.05. The summed E-state index contributed by atoms with van der Waals surface area (Å²) in [5, 5.41) is 0. The predicted molar refractivity (Wildman–Crippen MR) is 60.0 cm³/mol.